The summed E-state index contributed by atoms with van der Waals surface area (Å²) in [7, 11) is 0. The molecule has 0 aliphatic heterocycles. The highest BCUT2D eigenvalue weighted by molar-refractivity contribution is 5.62. The third-order valence-electron chi connectivity index (χ3n) is 4.79. The molecular formula is C25H19FN4O. The number of benzene rings is 2. The normalized spacial score (nSPS) is 10.7. The quantitative estimate of drug-likeness (QED) is 0.245. The van der Waals surface area contributed by atoms with Gasteiger partial charge < -0.3 is 5.11 Å². The van der Waals surface area contributed by atoms with Crippen molar-refractivity contribution in [2.24, 2.45) is 5.11 Å². The maximum atomic E-state index is 12.4. The van der Waals surface area contributed by atoms with Gasteiger partial charge in [-0.05, 0) is 78.6 Å². The van der Waals surface area contributed by atoms with E-state index < -0.39 is 0 Å². The second-order valence-electron chi connectivity index (χ2n) is 7.01. The first-order chi connectivity index (χ1) is 15.0. The first-order valence-electron chi connectivity index (χ1n) is 9.59. The molecule has 0 radical (unpaired) electrons. The smallest absolute Gasteiger partial charge is 0.129 e. The average molecular weight is 410 g/mol. The van der Waals surface area contributed by atoms with Gasteiger partial charge in [0.1, 0.15) is 17.6 Å². The van der Waals surface area contributed by atoms with E-state index >= 15 is 0 Å². The summed E-state index contributed by atoms with van der Waals surface area (Å²) in [4.78, 5) is 7.16. The molecule has 3 rings (SSSR count). The lowest BCUT2D eigenvalue weighted by molar-refractivity contribution is 0.467. The standard InChI is InChI=1S/C25H19FN4O/c1-17(21-7-4-6-19(16-21)13-14-26)15-23-20(10-12-24(25(23)31)29-30-27)9-11-22-8-3-5-18(2)28-22/h3-8,10,12,16-17,31H,15H2,1-2H3. The summed E-state index contributed by atoms with van der Waals surface area (Å²) in [6.07, 6.45) is 1.84. The van der Waals surface area contributed by atoms with Crippen molar-refractivity contribution >= 4 is 5.69 Å². The topological polar surface area (TPSA) is 81.9 Å². The number of aryl methyl sites for hydroxylation is 1. The number of pyridine rings is 1. The Hall–Kier alpha value is -4.25. The molecule has 0 amide bonds. The minimum Gasteiger partial charge on any atom is -0.507 e. The van der Waals surface area contributed by atoms with Crippen LogP contribution in [-0.4, -0.2) is 10.1 Å². The van der Waals surface area contributed by atoms with Gasteiger partial charge in [-0.1, -0.05) is 36.2 Å². The van der Waals surface area contributed by atoms with Gasteiger partial charge in [0, 0.05) is 27.3 Å². The Labute approximate surface area is 180 Å². The third kappa shape index (κ3) is 5.42. The van der Waals surface area contributed by atoms with E-state index in [1.807, 2.05) is 50.2 Å². The molecule has 31 heavy (non-hydrogen) atoms. The summed E-state index contributed by atoms with van der Waals surface area (Å²) in [5.41, 5.74) is 13.1. The zero-order chi connectivity index (χ0) is 22.2. The Bertz CT molecular complexity index is 1290. The van der Waals surface area contributed by atoms with Crippen molar-refractivity contribution in [2.75, 3.05) is 0 Å². The predicted octanol–water partition coefficient (Wildman–Crippen LogP) is 6.06. The molecule has 0 fully saturated rings. The van der Waals surface area contributed by atoms with Gasteiger partial charge in [0.2, 0.25) is 0 Å². The molecule has 2 aromatic carbocycles. The van der Waals surface area contributed by atoms with Crippen molar-refractivity contribution in [3.05, 3.63) is 98.7 Å². The second kappa shape index (κ2) is 9.98. The van der Waals surface area contributed by atoms with Crippen LogP contribution in [0.4, 0.5) is 10.1 Å². The number of halogens is 1. The lowest BCUT2D eigenvalue weighted by atomic mass is 9.90. The highest BCUT2D eigenvalue weighted by atomic mass is 19.1. The lowest BCUT2D eigenvalue weighted by Gasteiger charge is -2.16. The molecule has 6 heteroatoms. The van der Waals surface area contributed by atoms with E-state index in [2.05, 4.69) is 32.8 Å². The van der Waals surface area contributed by atoms with Gasteiger partial charge in [-0.3, -0.25) is 0 Å². The van der Waals surface area contributed by atoms with Gasteiger partial charge in [-0.15, -0.1) is 4.39 Å². The van der Waals surface area contributed by atoms with Crippen LogP contribution in [0, 0.1) is 30.9 Å². The maximum Gasteiger partial charge on any atom is 0.129 e. The minimum absolute atomic E-state index is 0.0359. The fraction of sp³-hybridized carbons (Fsp3) is 0.160. The maximum absolute atomic E-state index is 12.4. The van der Waals surface area contributed by atoms with E-state index in [4.69, 9.17) is 5.53 Å². The second-order valence-corrected chi connectivity index (χ2v) is 7.01. The summed E-state index contributed by atoms with van der Waals surface area (Å²) in [6, 6.07) is 16.1. The molecule has 3 aromatic rings. The van der Waals surface area contributed by atoms with Gasteiger partial charge in [-0.25, -0.2) is 4.98 Å². The molecule has 1 unspecified atom stereocenters. The summed E-state index contributed by atoms with van der Waals surface area (Å²) >= 11 is 0. The minimum atomic E-state index is -0.103. The Morgan fingerprint density at radius 2 is 1.94 bits per heavy atom. The zero-order valence-corrected chi connectivity index (χ0v) is 17.1. The number of aromatic hydroxyl groups is 1. The van der Waals surface area contributed by atoms with Crippen LogP contribution in [0.5, 0.6) is 5.75 Å². The van der Waals surface area contributed by atoms with Crippen LogP contribution in [0.15, 0.2) is 59.7 Å². The number of phenols is 1. The molecule has 1 N–H and O–H groups in total. The van der Waals surface area contributed by atoms with Gasteiger partial charge in [0.25, 0.3) is 0 Å². The summed E-state index contributed by atoms with van der Waals surface area (Å²) in [5.74, 6) is 8.37. The van der Waals surface area contributed by atoms with Crippen LogP contribution in [0.3, 0.4) is 0 Å². The number of aromatic nitrogens is 1. The number of phenolic OH excluding ortho intramolecular Hbond substituents is 1. The van der Waals surface area contributed by atoms with E-state index in [0.29, 0.717) is 28.8 Å². The van der Waals surface area contributed by atoms with Crippen LogP contribution in [0.1, 0.15) is 46.5 Å². The van der Waals surface area contributed by atoms with E-state index in [0.717, 1.165) is 11.3 Å². The molecule has 1 atom stereocenters. The lowest BCUT2D eigenvalue weighted by Crippen LogP contribution is -2.02. The Kier molecular flexibility index (Phi) is 6.91. The van der Waals surface area contributed by atoms with Crippen LogP contribution in [-0.2, 0) is 6.42 Å². The largest absolute Gasteiger partial charge is 0.507 e. The fourth-order valence-electron chi connectivity index (χ4n) is 3.22. The zero-order valence-electron chi connectivity index (χ0n) is 17.1. The molecule has 0 aliphatic carbocycles. The molecule has 0 aliphatic rings. The Morgan fingerprint density at radius 1 is 1.13 bits per heavy atom. The van der Waals surface area contributed by atoms with E-state index in [9.17, 15) is 9.50 Å². The number of azide groups is 1. The number of hydrogen-bond acceptors (Lipinski definition) is 3. The van der Waals surface area contributed by atoms with Crippen molar-refractivity contribution in [1.29, 1.82) is 0 Å². The molecule has 0 spiro atoms. The van der Waals surface area contributed by atoms with Crippen LogP contribution in [0.25, 0.3) is 10.4 Å². The summed E-state index contributed by atoms with van der Waals surface area (Å²) in [6.45, 7) is 3.88. The van der Waals surface area contributed by atoms with Crippen molar-refractivity contribution < 1.29 is 9.50 Å². The van der Waals surface area contributed by atoms with Gasteiger partial charge in [-0.2, -0.15) is 0 Å². The van der Waals surface area contributed by atoms with E-state index in [1.54, 1.807) is 12.1 Å². The number of rotatable bonds is 4. The van der Waals surface area contributed by atoms with E-state index in [1.165, 1.54) is 12.2 Å². The SMILES string of the molecule is Cc1cccc(C#Cc2ccc(N=[N+]=[N-])c(O)c2CC(C)c2cccc(C#CF)c2)n1. The molecule has 0 saturated carbocycles. The first-order valence-corrected chi connectivity index (χ1v) is 9.59. The molecule has 1 aromatic heterocycles. The van der Waals surface area contributed by atoms with E-state index in [-0.39, 0.29) is 17.4 Å². The monoisotopic (exact) mass is 410 g/mol. The highest BCUT2D eigenvalue weighted by Gasteiger charge is 2.16. The molecule has 1 heterocycles. The highest BCUT2D eigenvalue weighted by Crippen LogP contribution is 2.36. The molecule has 0 bridgehead atoms. The van der Waals surface area contributed by atoms with Gasteiger partial charge in [0.15, 0.2) is 0 Å². The molecule has 5 nitrogen and oxygen atoms in total. The molecule has 152 valence electrons. The predicted molar refractivity (Wildman–Crippen MR) is 118 cm³/mol. The van der Waals surface area contributed by atoms with Gasteiger partial charge in [0.05, 0.1) is 5.69 Å². The fourth-order valence-corrected chi connectivity index (χ4v) is 3.22. The Balaban J connectivity index is 2.02. The number of hydrogen-bond donors (Lipinski definition) is 1. The van der Waals surface area contributed by atoms with Crippen LogP contribution < -0.4 is 0 Å². The number of nitrogens with zero attached hydrogens (tertiary/aromatic N) is 4. The average Bonchev–Trinajstić information content (AvgIpc) is 2.76. The van der Waals surface area contributed by atoms with Crippen molar-refractivity contribution in [1.82, 2.24) is 4.98 Å². The van der Waals surface area contributed by atoms with Gasteiger partial charge >= 0.3 is 0 Å². The van der Waals surface area contributed by atoms with Crippen molar-refractivity contribution in [3.63, 3.8) is 0 Å². The van der Waals surface area contributed by atoms with Crippen molar-refractivity contribution in [3.8, 4) is 29.7 Å². The van der Waals surface area contributed by atoms with Crippen LogP contribution >= 0.6 is 0 Å². The summed E-state index contributed by atoms with van der Waals surface area (Å²) < 4.78 is 12.4. The Morgan fingerprint density at radius 3 is 2.68 bits per heavy atom. The summed E-state index contributed by atoms with van der Waals surface area (Å²) in [5, 5.41) is 14.3. The third-order valence-corrected chi connectivity index (χ3v) is 4.79. The first kappa shape index (κ1) is 21.5. The molecular weight excluding hydrogens is 391 g/mol. The van der Waals surface area contributed by atoms with Crippen molar-refractivity contribution in [2.45, 2.75) is 26.2 Å². The van der Waals surface area contributed by atoms with Crippen LogP contribution in [0.2, 0.25) is 0 Å². The molecule has 0 saturated heterocycles.